The predicted octanol–water partition coefficient (Wildman–Crippen LogP) is 3.80. The minimum Gasteiger partial charge on any atom is -0.493 e. The molecule has 0 N–H and O–H groups in total. The van der Waals surface area contributed by atoms with E-state index in [0.717, 1.165) is 5.56 Å². The van der Waals surface area contributed by atoms with E-state index in [1.807, 2.05) is 0 Å². The maximum absolute atomic E-state index is 11.1. The molecule has 0 spiro atoms. The first-order valence-corrected chi connectivity index (χ1v) is 7.34. The smallest absolute Gasteiger partial charge is 0.311 e. The van der Waals surface area contributed by atoms with Gasteiger partial charge in [0.2, 0.25) is 5.75 Å². The lowest BCUT2D eigenvalue weighted by atomic mass is 10.1. The van der Waals surface area contributed by atoms with Crippen molar-refractivity contribution in [3.8, 4) is 23.0 Å². The molecular weight excluding hydrogens is 326 g/mol. The van der Waals surface area contributed by atoms with Gasteiger partial charge in [-0.05, 0) is 29.3 Å². The first kappa shape index (κ1) is 18.1. The quantitative estimate of drug-likeness (QED) is 0.431. The first-order valence-electron chi connectivity index (χ1n) is 7.34. The second-order valence-corrected chi connectivity index (χ2v) is 4.98. The standard InChI is InChI=1S/C18H19NO6/c1-22-15-8-7-12(9-14(15)19(20)21)5-6-13-10-16(23-2)18(25-4)17(11-13)24-3/h5-11H,1-4H3/b6-5+. The molecule has 0 atom stereocenters. The molecule has 0 saturated heterocycles. The van der Waals surface area contributed by atoms with Crippen LogP contribution in [0.15, 0.2) is 30.3 Å². The summed E-state index contributed by atoms with van der Waals surface area (Å²) in [7, 11) is 6.01. The van der Waals surface area contributed by atoms with Crippen molar-refractivity contribution in [1.82, 2.24) is 0 Å². The van der Waals surface area contributed by atoms with Crippen LogP contribution in [-0.2, 0) is 0 Å². The molecule has 0 aromatic heterocycles. The second kappa shape index (κ2) is 8.05. The average molecular weight is 345 g/mol. The third-order valence-electron chi connectivity index (χ3n) is 3.55. The Bertz CT molecular complexity index is 775. The van der Waals surface area contributed by atoms with E-state index in [9.17, 15) is 10.1 Å². The first-order chi connectivity index (χ1) is 12.0. The van der Waals surface area contributed by atoms with Crippen molar-refractivity contribution in [3.05, 3.63) is 51.6 Å². The highest BCUT2D eigenvalue weighted by Crippen LogP contribution is 2.38. The molecule has 132 valence electrons. The van der Waals surface area contributed by atoms with E-state index in [1.165, 1.54) is 34.5 Å². The summed E-state index contributed by atoms with van der Waals surface area (Å²) < 4.78 is 20.9. The highest BCUT2D eigenvalue weighted by atomic mass is 16.6. The lowest BCUT2D eigenvalue weighted by Crippen LogP contribution is -1.95. The van der Waals surface area contributed by atoms with Gasteiger partial charge in [-0.25, -0.2) is 0 Å². The van der Waals surface area contributed by atoms with Crippen LogP contribution in [0.5, 0.6) is 23.0 Å². The number of benzene rings is 2. The van der Waals surface area contributed by atoms with Crippen molar-refractivity contribution in [3.63, 3.8) is 0 Å². The lowest BCUT2D eigenvalue weighted by Gasteiger charge is -2.12. The minimum absolute atomic E-state index is 0.0884. The molecule has 7 nitrogen and oxygen atoms in total. The maximum Gasteiger partial charge on any atom is 0.311 e. The second-order valence-electron chi connectivity index (χ2n) is 4.98. The Balaban J connectivity index is 2.39. The number of nitrogens with zero attached hydrogens (tertiary/aromatic N) is 1. The van der Waals surface area contributed by atoms with E-state index < -0.39 is 4.92 Å². The molecule has 0 bridgehead atoms. The summed E-state index contributed by atoms with van der Waals surface area (Å²) in [6.45, 7) is 0. The van der Waals surface area contributed by atoms with Gasteiger partial charge in [-0.2, -0.15) is 0 Å². The van der Waals surface area contributed by atoms with Crippen molar-refractivity contribution in [2.24, 2.45) is 0 Å². The van der Waals surface area contributed by atoms with Gasteiger partial charge in [0, 0.05) is 6.07 Å². The van der Waals surface area contributed by atoms with Gasteiger partial charge in [-0.1, -0.05) is 18.2 Å². The Morgan fingerprint density at radius 2 is 1.36 bits per heavy atom. The highest BCUT2D eigenvalue weighted by molar-refractivity contribution is 5.74. The normalized spacial score (nSPS) is 10.6. The summed E-state index contributed by atoms with van der Waals surface area (Å²) >= 11 is 0. The fourth-order valence-electron chi connectivity index (χ4n) is 2.34. The number of rotatable bonds is 7. The molecule has 25 heavy (non-hydrogen) atoms. The molecule has 0 unspecified atom stereocenters. The third-order valence-corrected chi connectivity index (χ3v) is 3.55. The number of hydrogen-bond acceptors (Lipinski definition) is 6. The van der Waals surface area contributed by atoms with Crippen LogP contribution >= 0.6 is 0 Å². The number of ether oxygens (including phenoxy) is 4. The van der Waals surface area contributed by atoms with Gasteiger partial charge in [-0.15, -0.1) is 0 Å². The minimum atomic E-state index is -0.477. The molecule has 0 fully saturated rings. The van der Waals surface area contributed by atoms with Crippen LogP contribution in [-0.4, -0.2) is 33.4 Å². The summed E-state index contributed by atoms with van der Waals surface area (Å²) in [5.41, 5.74) is 1.38. The van der Waals surface area contributed by atoms with Crippen LogP contribution in [0.25, 0.3) is 12.2 Å². The van der Waals surface area contributed by atoms with Crippen LogP contribution < -0.4 is 18.9 Å². The van der Waals surface area contributed by atoms with Crippen LogP contribution in [0.4, 0.5) is 5.69 Å². The number of hydrogen-bond donors (Lipinski definition) is 0. The Kier molecular flexibility index (Phi) is 5.84. The summed E-state index contributed by atoms with van der Waals surface area (Å²) in [5.74, 6) is 1.78. The zero-order chi connectivity index (χ0) is 18.4. The average Bonchev–Trinajstić information content (AvgIpc) is 2.64. The molecule has 0 aliphatic carbocycles. The number of nitro groups is 1. The zero-order valence-electron chi connectivity index (χ0n) is 14.4. The summed E-state index contributed by atoms with van der Waals surface area (Å²) in [6, 6.07) is 8.33. The SMILES string of the molecule is COc1ccc(/C=C/c2cc(OC)c(OC)c(OC)c2)cc1[N+](=O)[O-]. The Labute approximate surface area is 145 Å². The monoisotopic (exact) mass is 345 g/mol. The van der Waals surface area contributed by atoms with Crippen LogP contribution in [0, 0.1) is 10.1 Å². The highest BCUT2D eigenvalue weighted by Gasteiger charge is 2.15. The number of methoxy groups -OCH3 is 4. The van der Waals surface area contributed by atoms with Gasteiger partial charge >= 0.3 is 5.69 Å². The summed E-state index contributed by atoms with van der Waals surface area (Å²) in [5, 5.41) is 11.1. The maximum atomic E-state index is 11.1. The van der Waals surface area contributed by atoms with Crippen molar-refractivity contribution < 1.29 is 23.9 Å². The van der Waals surface area contributed by atoms with Crippen LogP contribution in [0.2, 0.25) is 0 Å². The molecular formula is C18H19NO6. The van der Waals surface area contributed by atoms with E-state index in [4.69, 9.17) is 18.9 Å². The zero-order valence-corrected chi connectivity index (χ0v) is 14.4. The molecule has 2 aromatic carbocycles. The van der Waals surface area contributed by atoms with Crippen LogP contribution in [0.1, 0.15) is 11.1 Å². The predicted molar refractivity (Wildman–Crippen MR) is 94.7 cm³/mol. The Morgan fingerprint density at radius 3 is 1.84 bits per heavy atom. The van der Waals surface area contributed by atoms with Crippen LogP contribution in [0.3, 0.4) is 0 Å². The molecule has 2 rings (SSSR count). The van der Waals surface area contributed by atoms with E-state index >= 15 is 0 Å². The summed E-state index contributed by atoms with van der Waals surface area (Å²) in [6.07, 6.45) is 3.56. The van der Waals surface area contributed by atoms with E-state index in [-0.39, 0.29) is 11.4 Å². The molecule has 0 amide bonds. The Hall–Kier alpha value is -3.22. The Morgan fingerprint density at radius 1 is 0.800 bits per heavy atom. The fraction of sp³-hybridized carbons (Fsp3) is 0.222. The van der Waals surface area contributed by atoms with Gasteiger partial charge in [0.25, 0.3) is 0 Å². The molecule has 0 saturated carbocycles. The van der Waals surface area contributed by atoms with E-state index in [2.05, 4.69) is 0 Å². The van der Waals surface area contributed by atoms with Gasteiger partial charge in [0.1, 0.15) is 0 Å². The van der Waals surface area contributed by atoms with Gasteiger partial charge in [0.05, 0.1) is 33.4 Å². The van der Waals surface area contributed by atoms with Crippen molar-refractivity contribution in [1.29, 1.82) is 0 Å². The molecule has 0 heterocycles. The lowest BCUT2D eigenvalue weighted by molar-refractivity contribution is -0.385. The molecule has 7 heteroatoms. The molecule has 0 radical (unpaired) electrons. The van der Waals surface area contributed by atoms with Gasteiger partial charge in [0.15, 0.2) is 17.2 Å². The molecule has 0 aliphatic heterocycles. The van der Waals surface area contributed by atoms with Crippen molar-refractivity contribution >= 4 is 17.8 Å². The third kappa shape index (κ3) is 4.00. The van der Waals surface area contributed by atoms with Crippen molar-refractivity contribution in [2.75, 3.05) is 28.4 Å². The van der Waals surface area contributed by atoms with E-state index in [1.54, 1.807) is 36.4 Å². The topological polar surface area (TPSA) is 80.1 Å². The van der Waals surface area contributed by atoms with Crippen molar-refractivity contribution in [2.45, 2.75) is 0 Å². The molecule has 0 aliphatic rings. The number of nitro benzene ring substituents is 1. The summed E-state index contributed by atoms with van der Waals surface area (Å²) in [4.78, 5) is 10.6. The van der Waals surface area contributed by atoms with E-state index in [0.29, 0.717) is 22.8 Å². The van der Waals surface area contributed by atoms with Gasteiger partial charge < -0.3 is 18.9 Å². The largest absolute Gasteiger partial charge is 0.493 e. The molecule has 2 aromatic rings. The fourth-order valence-corrected chi connectivity index (χ4v) is 2.34. The van der Waals surface area contributed by atoms with Gasteiger partial charge in [-0.3, -0.25) is 10.1 Å².